The minimum atomic E-state index is -0.360. The Morgan fingerprint density at radius 1 is 1.20 bits per heavy atom. The van der Waals surface area contributed by atoms with Gasteiger partial charge in [-0.05, 0) is 29.3 Å². The predicted octanol–water partition coefficient (Wildman–Crippen LogP) is 2.17. The van der Waals surface area contributed by atoms with E-state index >= 15 is 0 Å². The van der Waals surface area contributed by atoms with Crippen LogP contribution in [0.3, 0.4) is 0 Å². The summed E-state index contributed by atoms with van der Waals surface area (Å²) in [6, 6.07) is 10.4. The number of fused-ring (bicyclic) bond motifs is 1. The summed E-state index contributed by atoms with van der Waals surface area (Å²) < 4.78 is 5.32. The van der Waals surface area contributed by atoms with E-state index in [-0.39, 0.29) is 11.5 Å². The molecule has 0 radical (unpaired) electrons. The van der Waals surface area contributed by atoms with Gasteiger partial charge in [0.05, 0.1) is 18.9 Å². The first kappa shape index (κ1) is 12.5. The third-order valence-electron chi connectivity index (χ3n) is 3.21. The van der Waals surface area contributed by atoms with Crippen LogP contribution in [0.15, 0.2) is 47.8 Å². The fourth-order valence-electron chi connectivity index (χ4n) is 2.17. The van der Waals surface area contributed by atoms with E-state index in [2.05, 4.69) is 10.1 Å². The Hall–Kier alpha value is -2.53. The smallest absolute Gasteiger partial charge is 0.216 e. The number of Topliss-reactive ketones (excluding diaryl/α,β-unsaturated/α-hetero) is 1. The third kappa shape index (κ3) is 2.19. The fraction of sp³-hybridized carbons (Fsp3) is 0.133. The average Bonchev–Trinajstić information content (AvgIpc) is 2.96. The first-order valence-corrected chi connectivity index (χ1v) is 6.17. The van der Waals surface area contributed by atoms with Gasteiger partial charge in [-0.1, -0.05) is 23.4 Å². The maximum atomic E-state index is 12.4. The first-order chi connectivity index (χ1) is 9.79. The summed E-state index contributed by atoms with van der Waals surface area (Å²) in [6.45, 7) is 1.08. The van der Waals surface area contributed by atoms with Crippen molar-refractivity contribution < 1.29 is 14.7 Å². The number of ether oxygens (including phenoxy) is 1. The molecule has 0 unspecified atom stereocenters. The Labute approximate surface area is 115 Å². The van der Waals surface area contributed by atoms with Gasteiger partial charge in [-0.2, -0.15) is 0 Å². The molecule has 0 amide bonds. The second-order valence-electron chi connectivity index (χ2n) is 4.47. The second-order valence-corrected chi connectivity index (χ2v) is 4.47. The monoisotopic (exact) mass is 268 g/mol. The summed E-state index contributed by atoms with van der Waals surface area (Å²) in [4.78, 5) is 16.4. The number of ketones is 1. The Bertz CT molecular complexity index is 681. The molecule has 0 atom stereocenters. The molecule has 0 bridgehead atoms. The molecule has 1 N–H and O–H groups in total. The normalized spacial score (nSPS) is 14.1. The zero-order valence-electron chi connectivity index (χ0n) is 10.6. The molecular formula is C15H12N2O3. The molecule has 5 heteroatoms. The van der Waals surface area contributed by atoms with Crippen molar-refractivity contribution in [1.29, 1.82) is 0 Å². The van der Waals surface area contributed by atoms with E-state index in [1.807, 2.05) is 6.07 Å². The third-order valence-corrected chi connectivity index (χ3v) is 3.21. The molecule has 100 valence electrons. The topological polar surface area (TPSA) is 71.8 Å². The summed E-state index contributed by atoms with van der Waals surface area (Å²) in [5.74, 6) is -0.360. The van der Waals surface area contributed by atoms with E-state index < -0.39 is 0 Å². The molecule has 5 nitrogen and oxygen atoms in total. The van der Waals surface area contributed by atoms with Crippen molar-refractivity contribution in [2.24, 2.45) is 5.16 Å². The number of hydrogen-bond donors (Lipinski definition) is 1. The van der Waals surface area contributed by atoms with Gasteiger partial charge < -0.3 is 9.94 Å². The molecule has 2 heterocycles. The number of benzene rings is 1. The van der Waals surface area contributed by atoms with Crippen LogP contribution in [0.5, 0.6) is 0 Å². The van der Waals surface area contributed by atoms with Crippen molar-refractivity contribution in [1.82, 2.24) is 4.98 Å². The SMILES string of the molecule is O=C(C(=NO)c1ccccn1)c1ccc2c(c1)COC2. The van der Waals surface area contributed by atoms with Gasteiger partial charge in [0.25, 0.3) is 0 Å². The summed E-state index contributed by atoms with van der Waals surface area (Å²) >= 11 is 0. The Morgan fingerprint density at radius 3 is 2.80 bits per heavy atom. The highest BCUT2D eigenvalue weighted by atomic mass is 16.5. The molecule has 0 saturated carbocycles. The molecule has 0 aliphatic carbocycles. The van der Waals surface area contributed by atoms with E-state index in [0.717, 1.165) is 11.1 Å². The summed E-state index contributed by atoms with van der Waals surface area (Å²) in [6.07, 6.45) is 1.55. The van der Waals surface area contributed by atoms with E-state index in [0.29, 0.717) is 24.5 Å². The van der Waals surface area contributed by atoms with Gasteiger partial charge in [0.1, 0.15) is 0 Å². The molecule has 0 fully saturated rings. The van der Waals surface area contributed by atoms with Crippen LogP contribution in [0.2, 0.25) is 0 Å². The van der Waals surface area contributed by atoms with Crippen LogP contribution in [0.4, 0.5) is 0 Å². The van der Waals surface area contributed by atoms with Crippen LogP contribution in [-0.4, -0.2) is 21.7 Å². The maximum Gasteiger partial charge on any atom is 0.216 e. The number of carbonyl (C=O) groups is 1. The molecule has 1 aliphatic heterocycles. The quantitative estimate of drug-likeness (QED) is 0.401. The van der Waals surface area contributed by atoms with E-state index in [4.69, 9.17) is 9.94 Å². The van der Waals surface area contributed by atoms with Gasteiger partial charge in [0.15, 0.2) is 5.71 Å². The number of carbonyl (C=O) groups excluding carboxylic acids is 1. The molecule has 1 aromatic carbocycles. The molecule has 0 spiro atoms. The average molecular weight is 268 g/mol. The number of hydrogen-bond acceptors (Lipinski definition) is 5. The van der Waals surface area contributed by atoms with Crippen LogP contribution < -0.4 is 0 Å². The number of oxime groups is 1. The zero-order chi connectivity index (χ0) is 13.9. The molecule has 2 aromatic rings. The van der Waals surface area contributed by atoms with Gasteiger partial charge in [-0.25, -0.2) is 0 Å². The van der Waals surface area contributed by atoms with Crippen molar-refractivity contribution in [2.75, 3.05) is 0 Å². The summed E-state index contributed by atoms with van der Waals surface area (Å²) in [5, 5.41) is 12.2. The Kier molecular flexibility index (Phi) is 3.26. The van der Waals surface area contributed by atoms with Gasteiger partial charge in [-0.3, -0.25) is 9.78 Å². The second kappa shape index (κ2) is 5.22. The maximum absolute atomic E-state index is 12.4. The Morgan fingerprint density at radius 2 is 2.05 bits per heavy atom. The van der Waals surface area contributed by atoms with E-state index in [9.17, 15) is 4.79 Å². The van der Waals surface area contributed by atoms with Crippen LogP contribution in [0.1, 0.15) is 27.2 Å². The number of nitrogens with zero attached hydrogens (tertiary/aromatic N) is 2. The van der Waals surface area contributed by atoms with Gasteiger partial charge in [0, 0.05) is 11.8 Å². The van der Waals surface area contributed by atoms with Crippen LogP contribution in [-0.2, 0) is 18.0 Å². The lowest BCUT2D eigenvalue weighted by Crippen LogP contribution is -2.17. The van der Waals surface area contributed by atoms with Crippen LogP contribution >= 0.6 is 0 Å². The minimum absolute atomic E-state index is 0.0653. The summed E-state index contributed by atoms with van der Waals surface area (Å²) in [5.41, 5.74) is 2.82. The highest BCUT2D eigenvalue weighted by Crippen LogP contribution is 2.21. The molecule has 3 rings (SSSR count). The fourth-order valence-corrected chi connectivity index (χ4v) is 2.17. The minimum Gasteiger partial charge on any atom is -0.410 e. The highest BCUT2D eigenvalue weighted by molar-refractivity contribution is 6.50. The van der Waals surface area contributed by atoms with Gasteiger partial charge >= 0.3 is 0 Å². The van der Waals surface area contributed by atoms with Crippen molar-refractivity contribution in [2.45, 2.75) is 13.2 Å². The molecule has 0 saturated heterocycles. The lowest BCUT2D eigenvalue weighted by atomic mass is 10.00. The van der Waals surface area contributed by atoms with Crippen LogP contribution in [0, 0.1) is 0 Å². The zero-order valence-corrected chi connectivity index (χ0v) is 10.6. The van der Waals surface area contributed by atoms with Crippen molar-refractivity contribution in [3.05, 3.63) is 65.0 Å². The van der Waals surface area contributed by atoms with Crippen molar-refractivity contribution >= 4 is 11.5 Å². The van der Waals surface area contributed by atoms with E-state index in [1.54, 1.807) is 36.5 Å². The predicted molar refractivity (Wildman–Crippen MR) is 71.8 cm³/mol. The van der Waals surface area contributed by atoms with Crippen LogP contribution in [0.25, 0.3) is 0 Å². The largest absolute Gasteiger partial charge is 0.410 e. The molecule has 1 aromatic heterocycles. The van der Waals surface area contributed by atoms with Crippen molar-refractivity contribution in [3.63, 3.8) is 0 Å². The van der Waals surface area contributed by atoms with Gasteiger partial charge in [0.2, 0.25) is 5.78 Å². The lowest BCUT2D eigenvalue weighted by Gasteiger charge is -2.05. The molecular weight excluding hydrogens is 256 g/mol. The highest BCUT2D eigenvalue weighted by Gasteiger charge is 2.20. The Balaban J connectivity index is 1.96. The number of pyridine rings is 1. The number of aromatic nitrogens is 1. The van der Waals surface area contributed by atoms with E-state index in [1.165, 1.54) is 0 Å². The first-order valence-electron chi connectivity index (χ1n) is 6.17. The van der Waals surface area contributed by atoms with Crippen molar-refractivity contribution in [3.8, 4) is 0 Å². The lowest BCUT2D eigenvalue weighted by molar-refractivity contribution is 0.106. The number of rotatable bonds is 3. The molecule has 1 aliphatic rings. The summed E-state index contributed by atoms with van der Waals surface area (Å²) in [7, 11) is 0. The molecule has 20 heavy (non-hydrogen) atoms. The van der Waals surface area contributed by atoms with Gasteiger partial charge in [-0.15, -0.1) is 0 Å². The standard InChI is InChI=1S/C15H12N2O3/c18-15(14(17-19)13-3-1-2-6-16-13)10-4-5-11-8-20-9-12(11)7-10/h1-7,19H,8-9H2.